The van der Waals surface area contributed by atoms with Crippen molar-refractivity contribution in [1.82, 2.24) is 77.3 Å². The van der Waals surface area contributed by atoms with E-state index in [2.05, 4.69) is 52.8 Å². The quantitative estimate of drug-likeness (QED) is 0.0335. The smallest absolute Gasteiger partial charge is 0.305 e. The van der Waals surface area contributed by atoms with Crippen molar-refractivity contribution in [1.29, 1.82) is 0 Å². The molecular weight excluding hydrogens is 1740 g/mol. The molecule has 38 nitrogen and oxygen atoms in total. The summed E-state index contributed by atoms with van der Waals surface area (Å²) in [6, 6.07) is 10.1. The summed E-state index contributed by atoms with van der Waals surface area (Å²) in [5.74, 6) is -21.6. The molecule has 15 atom stereocenters. The minimum atomic E-state index is -2.02. The van der Waals surface area contributed by atoms with Crippen molar-refractivity contribution in [2.24, 2.45) is 23.1 Å². The van der Waals surface area contributed by atoms with Gasteiger partial charge in [-0.25, -0.2) is 8.78 Å². The second-order valence-electron chi connectivity index (χ2n) is 33.6. The number of aliphatic hydroxyl groups is 2. The monoisotopic (exact) mass is 1850 g/mol. The van der Waals surface area contributed by atoms with Crippen molar-refractivity contribution in [2.75, 3.05) is 65.4 Å². The number of thioether (sulfide) groups is 1. The van der Waals surface area contributed by atoms with Gasteiger partial charge in [0.05, 0.1) is 30.9 Å². The van der Waals surface area contributed by atoms with Crippen LogP contribution in [0.15, 0.2) is 134 Å². The van der Waals surface area contributed by atoms with E-state index in [1.165, 1.54) is 59.3 Å². The van der Waals surface area contributed by atoms with E-state index in [4.69, 9.17) is 17.2 Å². The highest BCUT2D eigenvalue weighted by atomic mass is 32.2. The minimum absolute atomic E-state index is 0.0319. The number of phenols is 1. The zero-order valence-corrected chi connectivity index (χ0v) is 75.1. The molecule has 3 aliphatic rings. The molecule has 0 spiro atoms. The summed E-state index contributed by atoms with van der Waals surface area (Å²) in [5, 5.41) is 67.5. The number of hydrogen-bond acceptors (Lipinski definition) is 22. The molecule has 0 bridgehead atoms. The van der Waals surface area contributed by atoms with Crippen molar-refractivity contribution in [2.45, 2.75) is 201 Å². The number of carboxylic acid groups (broad SMARTS) is 1. The summed E-state index contributed by atoms with van der Waals surface area (Å²) in [6.07, 6.45) is -5.01. The Hall–Kier alpha value is -13.0. The van der Waals surface area contributed by atoms with Crippen LogP contribution in [0.1, 0.15) is 106 Å². The minimum Gasteiger partial charge on any atom is -0.508 e. The normalized spacial score (nSPS) is 24.8. The lowest BCUT2D eigenvalue weighted by Crippen LogP contribution is -2.62. The molecule has 3 aliphatic heterocycles. The van der Waals surface area contributed by atoms with Crippen LogP contribution in [0.3, 0.4) is 0 Å². The number of benzene rings is 5. The first-order valence-corrected chi connectivity index (χ1v) is 44.8. The van der Waals surface area contributed by atoms with Crippen molar-refractivity contribution < 1.29 is 106 Å². The number of nitrogens with zero attached hydrogens (tertiary/aromatic N) is 5. The first-order valence-electron chi connectivity index (χ1n) is 43.7. The van der Waals surface area contributed by atoms with E-state index < -0.39 is 260 Å². The number of halogens is 2. The van der Waals surface area contributed by atoms with E-state index in [9.17, 15) is 58.4 Å². The van der Waals surface area contributed by atoms with Gasteiger partial charge in [0.2, 0.25) is 88.6 Å². The molecule has 9 rings (SSSR count). The number of phenolic OH excluding ortho intramolecular Hbond substituents is 1. The molecule has 132 heavy (non-hydrogen) atoms. The fourth-order valence-corrected chi connectivity index (χ4v) is 17.1. The van der Waals surface area contributed by atoms with E-state index in [1.807, 2.05) is 0 Å². The number of carboxylic acids is 1. The fourth-order valence-electron chi connectivity index (χ4n) is 16.2. The Morgan fingerprint density at radius 1 is 0.508 bits per heavy atom. The molecule has 20 N–H and O–H groups in total. The first-order chi connectivity index (χ1) is 62.9. The van der Waals surface area contributed by atoms with Crippen LogP contribution in [0, 0.1) is 17.6 Å². The van der Waals surface area contributed by atoms with Crippen molar-refractivity contribution >= 4 is 117 Å². The first kappa shape index (κ1) is 103. The van der Waals surface area contributed by atoms with Crippen LogP contribution >= 0.6 is 11.8 Å². The highest BCUT2D eigenvalue weighted by Crippen LogP contribution is 2.29. The van der Waals surface area contributed by atoms with Gasteiger partial charge < -0.3 is 115 Å². The molecule has 4 heterocycles. The number of likely N-dealkylation sites (N-methyl/N-ethyl adjacent to an activating group) is 3. The van der Waals surface area contributed by atoms with Crippen LogP contribution < -0.4 is 65.1 Å². The van der Waals surface area contributed by atoms with Crippen molar-refractivity contribution in [3.8, 4) is 5.75 Å². The molecular formula is C91H118F2N18O20S. The number of amides is 15. The number of aromatic hydroxyl groups is 1. The SMILES string of the molecule is CCCC[C@H]1C(=O)N2C[C@H](O)C[C@@H]2C(=O)N[C@@H](CC(=O)O)C(=O)N[C@@H](C(C)C)C(=O)N(C)[C@H](Cc2ccccc2)C(=O)N[C@@H](CCN)C(=O)N2C[C@H](O)C[C@@H]2C(=O)N[C@@H](Cc2c[nH]c3ccccc23)C(=O)N[C@@H](Cc2ccc(O)cc2)C(=O)N[C@H](CCCN)C(=O)N[C@H](C(=O)NCC(N)=O)CSCC(=O)N[C@H](Cc2ccc(F)c(F)c2)C(=O)N(C)[C@@H](Cc2ccccc2)C(=O)N1C. The number of rotatable bonds is 24. The molecule has 5 aromatic carbocycles. The van der Waals surface area contributed by atoms with Gasteiger partial charge in [-0.2, -0.15) is 0 Å². The maximum Gasteiger partial charge on any atom is 0.305 e. The predicted molar refractivity (Wildman–Crippen MR) is 480 cm³/mol. The van der Waals surface area contributed by atoms with Crippen LogP contribution in [-0.2, 0) is 109 Å². The zero-order chi connectivity index (χ0) is 96.3. The van der Waals surface area contributed by atoms with E-state index in [0.29, 0.717) is 51.3 Å². The van der Waals surface area contributed by atoms with Gasteiger partial charge in [0.15, 0.2) is 11.6 Å². The summed E-state index contributed by atoms with van der Waals surface area (Å²) in [7, 11) is 3.73. The predicted octanol–water partition coefficient (Wildman–Crippen LogP) is -1.30. The Balaban J connectivity index is 1.13. The van der Waals surface area contributed by atoms with Crippen LogP contribution in [0.5, 0.6) is 5.75 Å². The summed E-state index contributed by atoms with van der Waals surface area (Å²) in [5.41, 5.74) is 19.9. The maximum absolute atomic E-state index is 15.7. The average molecular weight is 1850 g/mol. The van der Waals surface area contributed by atoms with E-state index in [-0.39, 0.29) is 82.2 Å². The summed E-state index contributed by atoms with van der Waals surface area (Å²) < 4.78 is 29.8. The van der Waals surface area contributed by atoms with Crippen LogP contribution in [0.4, 0.5) is 8.78 Å². The maximum atomic E-state index is 15.7. The highest BCUT2D eigenvalue weighted by Gasteiger charge is 2.48. The van der Waals surface area contributed by atoms with Gasteiger partial charge in [-0.1, -0.05) is 131 Å². The van der Waals surface area contributed by atoms with Crippen LogP contribution in [-0.4, -0.2) is 301 Å². The highest BCUT2D eigenvalue weighted by molar-refractivity contribution is 8.00. The molecule has 712 valence electrons. The molecule has 1 aromatic heterocycles. The Morgan fingerprint density at radius 2 is 1.03 bits per heavy atom. The summed E-state index contributed by atoms with van der Waals surface area (Å²) >= 11 is 0.695. The number of para-hydroxylation sites is 1. The molecule has 3 fully saturated rings. The molecule has 3 saturated heterocycles. The lowest BCUT2D eigenvalue weighted by atomic mass is 9.98. The van der Waals surface area contributed by atoms with Gasteiger partial charge in [-0.3, -0.25) is 76.7 Å². The number of aliphatic carboxylic acids is 1. The number of primary amides is 1. The van der Waals surface area contributed by atoms with Crippen molar-refractivity contribution in [3.63, 3.8) is 0 Å². The molecule has 41 heteroatoms. The molecule has 15 amide bonds. The zero-order valence-electron chi connectivity index (χ0n) is 74.2. The Kier molecular flexibility index (Phi) is 38.0. The lowest BCUT2D eigenvalue weighted by molar-refractivity contribution is -0.152. The van der Waals surface area contributed by atoms with E-state index >= 15 is 47.5 Å². The van der Waals surface area contributed by atoms with E-state index in [1.54, 1.807) is 98.0 Å². The van der Waals surface area contributed by atoms with Gasteiger partial charge in [0.1, 0.15) is 84.3 Å². The number of fused-ring (bicyclic) bond motifs is 3. The largest absolute Gasteiger partial charge is 0.508 e. The second-order valence-corrected chi connectivity index (χ2v) is 34.6. The number of carbonyl (C=O) groups excluding carboxylic acids is 15. The topological polar surface area (TPSA) is 572 Å². The number of nitrogens with two attached hydrogens (primary N) is 3. The third kappa shape index (κ3) is 28.3. The number of aromatic amines is 1. The average Bonchev–Trinajstić information content (AvgIpc) is 1.75. The van der Waals surface area contributed by atoms with Crippen molar-refractivity contribution in [3.05, 3.63) is 173 Å². The number of H-pyrrole nitrogens is 1. The summed E-state index contributed by atoms with van der Waals surface area (Å²) in [6.45, 7) is 2.68. The number of nitrogens with one attached hydrogen (secondary N) is 10. The second kappa shape index (κ2) is 48.8. The van der Waals surface area contributed by atoms with Crippen LogP contribution in [0.25, 0.3) is 10.9 Å². The molecule has 0 unspecified atom stereocenters. The molecule has 6 aromatic rings. The molecule has 0 radical (unpaired) electrons. The third-order valence-corrected chi connectivity index (χ3v) is 24.5. The number of carbonyl (C=O) groups is 16. The van der Waals surface area contributed by atoms with E-state index in [0.717, 1.165) is 42.7 Å². The number of aliphatic hydroxyl groups excluding tert-OH is 2. The Labute approximate surface area is 765 Å². The van der Waals surface area contributed by atoms with Gasteiger partial charge in [0.25, 0.3) is 0 Å². The van der Waals surface area contributed by atoms with Gasteiger partial charge >= 0.3 is 5.97 Å². The number of unbranched alkanes of at least 4 members (excludes halogenated alkanes) is 1. The molecule has 0 aliphatic carbocycles. The third-order valence-electron chi connectivity index (χ3n) is 23.5. The summed E-state index contributed by atoms with van der Waals surface area (Å²) in [4.78, 5) is 245. The molecule has 0 saturated carbocycles. The lowest BCUT2D eigenvalue weighted by Gasteiger charge is -2.38. The van der Waals surface area contributed by atoms with Gasteiger partial charge in [0, 0.05) is 102 Å². The van der Waals surface area contributed by atoms with Gasteiger partial charge in [-0.15, -0.1) is 11.8 Å². The fraction of sp³-hybridized carbons (Fsp3) is 0.473. The standard InChI is InChI=1S/C91H118F2N18O20S/c1-7-8-25-70-90(130)111-47-58(114)42-73(111)86(126)104-67(43-77(117)118)83(123)106-78(50(2)3)91(131)108(5)71(38-51-18-11-9-12-19-51)84(124)101-64(32-34-95)88(128)110-46-57(113)41-72(110)85(125)103-66(40-55-44-97-62-23-16-15-22-59(55)62)82(122)102-65(36-53-26-29-56(112)30-27-53)81(121)100-63(24-17-33-94)80(120)105-69(79(119)98-45-75(96)115)48-132-49-76(116)99-68(37-54-28-31-60(92)61(93)35-54)87(127)109(6)74(89(129)107(70)4)39-52-20-13-10-14-21-52/h9-16,18-23,26-31,35,44,50,57-58,63-74,78,97,112-114H,7-8,17,24-25,32-34,36-43,45-49,94-95H2,1-6H3,(H2,96,115)(H,98,119)(H,99,116)(H,100,121)(H,101,124)(H,102,122)(H,103,125)(H,104,126)(H,105,120)(H,106,123)(H,117,118)/t57-,58-,63-,64+,65+,66+,67+,68-,69+,70+,71-,72-,73-,74+,78+/m1/s1. The van der Waals surface area contributed by atoms with Crippen LogP contribution in [0.2, 0.25) is 0 Å². The number of hydrogen-bond donors (Lipinski definition) is 17. The number of aromatic nitrogens is 1. The van der Waals surface area contributed by atoms with Gasteiger partial charge in [-0.05, 0) is 103 Å². The Bertz CT molecular complexity index is 5100. The Morgan fingerprint density at radius 3 is 1.62 bits per heavy atom.